The van der Waals surface area contributed by atoms with Crippen LogP contribution in [0.25, 0.3) is 0 Å². The minimum absolute atomic E-state index is 0.306. The largest absolute Gasteiger partial charge is 0.396 e. The number of aliphatic hydroxyl groups excluding tert-OH is 1. The Morgan fingerprint density at radius 1 is 0.923 bits per heavy atom. The molecule has 0 aliphatic carbocycles. The molecular weight excluding hydrogens is 164 g/mol. The van der Waals surface area contributed by atoms with E-state index in [2.05, 4.69) is 0 Å². The maximum absolute atomic E-state index is 10.6. The van der Waals surface area contributed by atoms with Gasteiger partial charge in [0.15, 0.2) is 0 Å². The third-order valence-electron chi connectivity index (χ3n) is 2.19. The summed E-state index contributed by atoms with van der Waals surface area (Å²) in [6.07, 6.45) is 8.76. The molecular formula is C11H22O2. The van der Waals surface area contributed by atoms with E-state index in [0.717, 1.165) is 25.7 Å². The SMILES string of the molecule is CC(=O)CCCCCCCCCO. The highest BCUT2D eigenvalue weighted by atomic mass is 16.2. The highest BCUT2D eigenvalue weighted by Crippen LogP contribution is 2.08. The lowest BCUT2D eigenvalue weighted by Gasteiger charge is -1.99. The first-order chi connectivity index (χ1) is 6.27. The van der Waals surface area contributed by atoms with E-state index < -0.39 is 0 Å². The zero-order chi connectivity index (χ0) is 9.94. The van der Waals surface area contributed by atoms with E-state index in [1.807, 2.05) is 0 Å². The van der Waals surface area contributed by atoms with Crippen LogP contribution in [0, 0.1) is 0 Å². The quantitative estimate of drug-likeness (QED) is 0.562. The summed E-state index contributed by atoms with van der Waals surface area (Å²) < 4.78 is 0. The highest BCUT2D eigenvalue weighted by molar-refractivity contribution is 5.75. The van der Waals surface area contributed by atoms with Crippen molar-refractivity contribution in [2.45, 2.75) is 58.3 Å². The topological polar surface area (TPSA) is 37.3 Å². The molecule has 0 radical (unpaired) electrons. The van der Waals surface area contributed by atoms with Crippen molar-refractivity contribution < 1.29 is 9.90 Å². The normalized spacial score (nSPS) is 10.3. The number of hydrogen-bond acceptors (Lipinski definition) is 2. The van der Waals surface area contributed by atoms with Gasteiger partial charge in [0.25, 0.3) is 0 Å². The van der Waals surface area contributed by atoms with Gasteiger partial charge in [0.05, 0.1) is 0 Å². The molecule has 1 N–H and O–H groups in total. The van der Waals surface area contributed by atoms with Crippen LogP contribution in [-0.4, -0.2) is 17.5 Å². The van der Waals surface area contributed by atoms with E-state index in [-0.39, 0.29) is 0 Å². The third-order valence-corrected chi connectivity index (χ3v) is 2.19. The Morgan fingerprint density at radius 3 is 1.85 bits per heavy atom. The molecule has 0 atom stereocenters. The maximum Gasteiger partial charge on any atom is 0.129 e. The van der Waals surface area contributed by atoms with Gasteiger partial charge in [0.1, 0.15) is 5.78 Å². The number of unbranched alkanes of at least 4 members (excludes halogenated alkanes) is 6. The Morgan fingerprint density at radius 2 is 1.38 bits per heavy atom. The van der Waals surface area contributed by atoms with Crippen molar-refractivity contribution in [2.24, 2.45) is 0 Å². The fourth-order valence-electron chi connectivity index (χ4n) is 1.37. The molecule has 0 heterocycles. The van der Waals surface area contributed by atoms with Crippen molar-refractivity contribution in [1.82, 2.24) is 0 Å². The molecule has 0 saturated carbocycles. The Kier molecular flexibility index (Phi) is 9.44. The average molecular weight is 186 g/mol. The molecule has 78 valence electrons. The summed E-state index contributed by atoms with van der Waals surface area (Å²) in [6, 6.07) is 0. The second kappa shape index (κ2) is 9.72. The second-order valence-electron chi connectivity index (χ2n) is 3.65. The van der Waals surface area contributed by atoms with Crippen LogP contribution in [0.15, 0.2) is 0 Å². The maximum atomic E-state index is 10.6. The van der Waals surface area contributed by atoms with E-state index in [0.29, 0.717) is 12.4 Å². The van der Waals surface area contributed by atoms with E-state index >= 15 is 0 Å². The van der Waals surface area contributed by atoms with Crippen LogP contribution in [0.5, 0.6) is 0 Å². The fraction of sp³-hybridized carbons (Fsp3) is 0.909. The molecule has 0 aromatic carbocycles. The Hall–Kier alpha value is -0.370. The molecule has 0 aliphatic heterocycles. The van der Waals surface area contributed by atoms with Gasteiger partial charge in [-0.3, -0.25) is 0 Å². The van der Waals surface area contributed by atoms with E-state index in [4.69, 9.17) is 5.11 Å². The summed E-state index contributed by atoms with van der Waals surface area (Å²) in [4.78, 5) is 10.6. The molecule has 2 nitrogen and oxygen atoms in total. The minimum atomic E-state index is 0.306. The Balaban J connectivity index is 2.87. The number of carbonyl (C=O) groups is 1. The Labute approximate surface area is 81.3 Å². The van der Waals surface area contributed by atoms with Crippen LogP contribution < -0.4 is 0 Å². The van der Waals surface area contributed by atoms with Crippen molar-refractivity contribution in [1.29, 1.82) is 0 Å². The lowest BCUT2D eigenvalue weighted by atomic mass is 10.1. The van der Waals surface area contributed by atoms with Crippen molar-refractivity contribution in [3.05, 3.63) is 0 Å². The van der Waals surface area contributed by atoms with Crippen LogP contribution >= 0.6 is 0 Å². The summed E-state index contributed by atoms with van der Waals surface area (Å²) in [7, 11) is 0. The number of hydrogen-bond donors (Lipinski definition) is 1. The van der Waals surface area contributed by atoms with E-state index in [1.165, 1.54) is 25.7 Å². The molecule has 0 unspecified atom stereocenters. The van der Waals surface area contributed by atoms with Crippen molar-refractivity contribution in [3.63, 3.8) is 0 Å². The minimum Gasteiger partial charge on any atom is -0.396 e. The predicted octanol–water partition coefficient (Wildman–Crippen LogP) is 2.69. The first kappa shape index (κ1) is 12.6. The van der Waals surface area contributed by atoms with Gasteiger partial charge in [-0.25, -0.2) is 0 Å². The van der Waals surface area contributed by atoms with Gasteiger partial charge in [-0.2, -0.15) is 0 Å². The number of carbonyl (C=O) groups excluding carboxylic acids is 1. The molecule has 0 aromatic heterocycles. The molecule has 0 aliphatic rings. The zero-order valence-corrected chi connectivity index (χ0v) is 8.72. The van der Waals surface area contributed by atoms with Gasteiger partial charge in [0, 0.05) is 13.0 Å². The van der Waals surface area contributed by atoms with Crippen molar-refractivity contribution in [2.75, 3.05) is 6.61 Å². The molecule has 0 aromatic rings. The van der Waals surface area contributed by atoms with E-state index in [1.54, 1.807) is 6.92 Å². The van der Waals surface area contributed by atoms with E-state index in [9.17, 15) is 4.79 Å². The number of Topliss-reactive ketones (excluding diaryl/α,β-unsaturated/α-hetero) is 1. The first-order valence-corrected chi connectivity index (χ1v) is 5.37. The third kappa shape index (κ3) is 11.6. The van der Waals surface area contributed by atoms with Gasteiger partial charge in [-0.05, 0) is 19.8 Å². The van der Waals surface area contributed by atoms with Crippen LogP contribution in [-0.2, 0) is 4.79 Å². The standard InChI is InChI=1S/C11H22O2/c1-11(13)9-7-5-3-2-4-6-8-10-12/h12H,2-10H2,1H3. The van der Waals surface area contributed by atoms with Crippen LogP contribution in [0.2, 0.25) is 0 Å². The number of rotatable bonds is 9. The van der Waals surface area contributed by atoms with Gasteiger partial charge >= 0.3 is 0 Å². The summed E-state index contributed by atoms with van der Waals surface area (Å²) >= 11 is 0. The van der Waals surface area contributed by atoms with Crippen LogP contribution in [0.3, 0.4) is 0 Å². The summed E-state index contributed by atoms with van der Waals surface area (Å²) in [5.74, 6) is 0.306. The lowest BCUT2D eigenvalue weighted by Crippen LogP contribution is -1.89. The van der Waals surface area contributed by atoms with Crippen molar-refractivity contribution in [3.8, 4) is 0 Å². The summed E-state index contributed by atoms with van der Waals surface area (Å²) in [5.41, 5.74) is 0. The molecule has 2 heteroatoms. The molecule has 0 bridgehead atoms. The number of ketones is 1. The molecule has 0 spiro atoms. The van der Waals surface area contributed by atoms with Crippen LogP contribution in [0.1, 0.15) is 58.3 Å². The fourth-order valence-corrected chi connectivity index (χ4v) is 1.37. The molecule has 0 saturated heterocycles. The molecule has 0 fully saturated rings. The Bertz CT molecular complexity index is 121. The number of aliphatic hydroxyl groups is 1. The first-order valence-electron chi connectivity index (χ1n) is 5.37. The molecule has 13 heavy (non-hydrogen) atoms. The smallest absolute Gasteiger partial charge is 0.129 e. The lowest BCUT2D eigenvalue weighted by molar-refractivity contribution is -0.117. The highest BCUT2D eigenvalue weighted by Gasteiger charge is 1.94. The molecule has 0 amide bonds. The predicted molar refractivity (Wildman–Crippen MR) is 54.7 cm³/mol. The van der Waals surface area contributed by atoms with Gasteiger partial charge in [0.2, 0.25) is 0 Å². The van der Waals surface area contributed by atoms with Gasteiger partial charge < -0.3 is 9.90 Å². The van der Waals surface area contributed by atoms with Gasteiger partial charge in [-0.15, -0.1) is 0 Å². The zero-order valence-electron chi connectivity index (χ0n) is 8.72. The van der Waals surface area contributed by atoms with Crippen LogP contribution in [0.4, 0.5) is 0 Å². The van der Waals surface area contributed by atoms with Gasteiger partial charge in [-0.1, -0.05) is 32.1 Å². The summed E-state index contributed by atoms with van der Waals surface area (Å²) in [5, 5.41) is 8.53. The second-order valence-corrected chi connectivity index (χ2v) is 3.65. The monoisotopic (exact) mass is 186 g/mol. The average Bonchev–Trinajstić information content (AvgIpc) is 2.09. The molecule has 0 rings (SSSR count). The van der Waals surface area contributed by atoms with Crippen molar-refractivity contribution >= 4 is 5.78 Å². The summed E-state index contributed by atoms with van der Waals surface area (Å²) in [6.45, 7) is 1.98.